The Morgan fingerprint density at radius 1 is 1.11 bits per heavy atom. The minimum Gasteiger partial charge on any atom is -0.483 e. The Hall–Kier alpha value is -2.57. The second kappa shape index (κ2) is 8.41. The van der Waals surface area contributed by atoms with Crippen LogP contribution in [0.4, 0.5) is 5.69 Å². The quantitative estimate of drug-likeness (QED) is 0.554. The third kappa shape index (κ3) is 4.40. The van der Waals surface area contributed by atoms with E-state index in [2.05, 4.69) is 26.0 Å². The van der Waals surface area contributed by atoms with Crippen molar-refractivity contribution in [3.63, 3.8) is 0 Å². The molecule has 1 amide bonds. The van der Waals surface area contributed by atoms with Gasteiger partial charge >= 0.3 is 5.97 Å². The Kier molecular flexibility index (Phi) is 5.98. The number of nitrogens with one attached hydrogen (secondary N) is 1. The number of rotatable bonds is 5. The number of esters is 1. The fraction of sp³-hybridized carbons (Fsp3) is 0.100. The fourth-order valence-electron chi connectivity index (χ4n) is 2.52. The molecule has 0 heterocycles. The van der Waals surface area contributed by atoms with Crippen LogP contribution in [-0.2, 0) is 9.53 Å². The third-order valence-corrected chi connectivity index (χ3v) is 5.00. The number of fused-ring (bicyclic) bond motifs is 1. The lowest BCUT2D eigenvalue weighted by Crippen LogP contribution is -2.20. The van der Waals surface area contributed by atoms with Gasteiger partial charge in [0.05, 0.1) is 27.9 Å². The van der Waals surface area contributed by atoms with Gasteiger partial charge in [-0.15, -0.1) is 0 Å². The zero-order valence-electron chi connectivity index (χ0n) is 14.3. The summed E-state index contributed by atoms with van der Waals surface area (Å²) in [5.74, 6) is -0.365. The van der Waals surface area contributed by atoms with Gasteiger partial charge < -0.3 is 14.8 Å². The maximum atomic E-state index is 12.2. The summed E-state index contributed by atoms with van der Waals surface area (Å²) >= 11 is 9.60. The topological polar surface area (TPSA) is 64.6 Å². The first-order valence-corrected chi connectivity index (χ1v) is 9.14. The average molecular weight is 449 g/mol. The maximum Gasteiger partial charge on any atom is 0.337 e. The highest BCUT2D eigenvalue weighted by Gasteiger charge is 2.13. The summed E-state index contributed by atoms with van der Waals surface area (Å²) in [6, 6.07) is 16.1. The molecule has 0 aliphatic carbocycles. The molecule has 5 nitrogen and oxygen atoms in total. The number of hydrogen-bond donors (Lipinski definition) is 1. The van der Waals surface area contributed by atoms with Crippen molar-refractivity contribution in [2.24, 2.45) is 0 Å². The van der Waals surface area contributed by atoms with Crippen LogP contribution in [0.25, 0.3) is 10.8 Å². The van der Waals surface area contributed by atoms with Crippen molar-refractivity contribution in [3.8, 4) is 5.75 Å². The summed E-state index contributed by atoms with van der Waals surface area (Å²) in [5.41, 5.74) is 0.598. The zero-order chi connectivity index (χ0) is 19.4. The summed E-state index contributed by atoms with van der Waals surface area (Å²) in [6.07, 6.45) is 0. The van der Waals surface area contributed by atoms with Crippen LogP contribution in [0.5, 0.6) is 5.75 Å². The van der Waals surface area contributed by atoms with Crippen molar-refractivity contribution in [1.82, 2.24) is 0 Å². The molecule has 0 unspecified atom stereocenters. The summed E-state index contributed by atoms with van der Waals surface area (Å²) in [4.78, 5) is 23.8. The Morgan fingerprint density at radius 3 is 2.67 bits per heavy atom. The van der Waals surface area contributed by atoms with E-state index >= 15 is 0 Å². The molecule has 0 radical (unpaired) electrons. The second-order valence-corrected chi connectivity index (χ2v) is 6.82. The maximum absolute atomic E-state index is 12.2. The Morgan fingerprint density at radius 2 is 1.89 bits per heavy atom. The third-order valence-electron chi connectivity index (χ3n) is 3.85. The molecule has 0 spiro atoms. The molecule has 3 aromatic rings. The minimum absolute atomic E-state index is 0.213. The number of amides is 1. The predicted octanol–water partition coefficient (Wildman–Crippen LogP) is 5.06. The molecule has 0 saturated heterocycles. The SMILES string of the molecule is COC(=O)c1ccc(Cl)c(NC(=O)COc2ccc3ccccc3c2Br)c1. The number of methoxy groups -OCH3 is 1. The van der Waals surface area contributed by atoms with Crippen molar-refractivity contribution >= 4 is 55.9 Å². The second-order valence-electron chi connectivity index (χ2n) is 5.62. The number of carbonyl (C=O) groups excluding carboxylic acids is 2. The van der Waals surface area contributed by atoms with Crippen LogP contribution < -0.4 is 10.1 Å². The Balaban J connectivity index is 1.70. The molecule has 138 valence electrons. The van der Waals surface area contributed by atoms with E-state index in [0.717, 1.165) is 15.2 Å². The van der Waals surface area contributed by atoms with E-state index in [1.54, 1.807) is 6.07 Å². The minimum atomic E-state index is -0.515. The van der Waals surface area contributed by atoms with Gasteiger partial charge in [-0.05, 0) is 51.0 Å². The van der Waals surface area contributed by atoms with Crippen molar-refractivity contribution < 1.29 is 19.1 Å². The molecule has 0 bridgehead atoms. The van der Waals surface area contributed by atoms with E-state index in [9.17, 15) is 9.59 Å². The number of benzene rings is 3. The highest BCUT2D eigenvalue weighted by atomic mass is 79.9. The number of carbonyl (C=O) groups is 2. The van der Waals surface area contributed by atoms with E-state index in [1.165, 1.54) is 25.3 Å². The van der Waals surface area contributed by atoms with Crippen LogP contribution in [0.15, 0.2) is 59.1 Å². The van der Waals surface area contributed by atoms with Crippen LogP contribution in [0.3, 0.4) is 0 Å². The van der Waals surface area contributed by atoms with Gasteiger partial charge in [0.1, 0.15) is 5.75 Å². The van der Waals surface area contributed by atoms with Gasteiger partial charge in [0.15, 0.2) is 6.61 Å². The number of hydrogen-bond acceptors (Lipinski definition) is 4. The number of halogens is 2. The van der Waals surface area contributed by atoms with Gasteiger partial charge in [-0.25, -0.2) is 4.79 Å². The molecule has 3 aromatic carbocycles. The largest absolute Gasteiger partial charge is 0.483 e. The molecular weight excluding hydrogens is 434 g/mol. The summed E-state index contributed by atoms with van der Waals surface area (Å²) in [6.45, 7) is -0.213. The van der Waals surface area contributed by atoms with Crippen LogP contribution >= 0.6 is 27.5 Å². The van der Waals surface area contributed by atoms with Gasteiger partial charge in [0, 0.05) is 0 Å². The molecule has 0 aliphatic heterocycles. The summed E-state index contributed by atoms with van der Waals surface area (Å²) < 4.78 is 11.1. The molecule has 7 heteroatoms. The average Bonchev–Trinajstić information content (AvgIpc) is 2.68. The monoisotopic (exact) mass is 447 g/mol. The Labute approximate surface area is 169 Å². The van der Waals surface area contributed by atoms with Gasteiger partial charge in [0.2, 0.25) is 0 Å². The van der Waals surface area contributed by atoms with Crippen molar-refractivity contribution in [1.29, 1.82) is 0 Å². The molecule has 0 fully saturated rings. The van der Waals surface area contributed by atoms with E-state index < -0.39 is 11.9 Å². The highest BCUT2D eigenvalue weighted by molar-refractivity contribution is 9.10. The molecule has 3 rings (SSSR count). The predicted molar refractivity (Wildman–Crippen MR) is 109 cm³/mol. The van der Waals surface area contributed by atoms with Crippen LogP contribution in [-0.4, -0.2) is 25.6 Å². The molecule has 0 saturated carbocycles. The standard InChI is InChI=1S/C20H15BrClNO4/c1-26-20(25)13-6-8-15(22)16(10-13)23-18(24)11-27-17-9-7-12-4-2-3-5-14(12)19(17)21/h2-10H,11H2,1H3,(H,23,24). The fourth-order valence-corrected chi connectivity index (χ4v) is 3.29. The first kappa shape index (κ1) is 19.2. The molecule has 0 aromatic heterocycles. The first-order valence-electron chi connectivity index (χ1n) is 7.97. The molecule has 0 atom stereocenters. The molecule has 0 aliphatic rings. The lowest BCUT2D eigenvalue weighted by Gasteiger charge is -2.12. The number of ether oxygens (including phenoxy) is 2. The summed E-state index contributed by atoms with van der Waals surface area (Å²) in [7, 11) is 1.28. The molecule has 1 N–H and O–H groups in total. The van der Waals surface area contributed by atoms with Crippen molar-refractivity contribution in [2.45, 2.75) is 0 Å². The van der Waals surface area contributed by atoms with Gasteiger partial charge in [-0.2, -0.15) is 0 Å². The molecular formula is C20H15BrClNO4. The van der Waals surface area contributed by atoms with Crippen molar-refractivity contribution in [2.75, 3.05) is 19.0 Å². The number of anilines is 1. The smallest absolute Gasteiger partial charge is 0.337 e. The van der Waals surface area contributed by atoms with Gasteiger partial charge in [0.25, 0.3) is 5.91 Å². The van der Waals surface area contributed by atoms with Crippen molar-refractivity contribution in [3.05, 3.63) is 69.7 Å². The van der Waals surface area contributed by atoms with E-state index in [4.69, 9.17) is 16.3 Å². The first-order chi connectivity index (χ1) is 13.0. The van der Waals surface area contributed by atoms with Crippen LogP contribution in [0.1, 0.15) is 10.4 Å². The van der Waals surface area contributed by atoms with Gasteiger partial charge in [-0.3, -0.25) is 4.79 Å². The molecule has 27 heavy (non-hydrogen) atoms. The normalized spacial score (nSPS) is 10.5. The lowest BCUT2D eigenvalue weighted by molar-refractivity contribution is -0.118. The van der Waals surface area contributed by atoms with Gasteiger partial charge in [-0.1, -0.05) is 41.9 Å². The zero-order valence-corrected chi connectivity index (χ0v) is 16.6. The van der Waals surface area contributed by atoms with E-state index in [-0.39, 0.29) is 12.2 Å². The summed E-state index contributed by atoms with van der Waals surface area (Å²) in [5, 5.41) is 5.00. The Bertz CT molecular complexity index is 1020. The van der Waals surface area contributed by atoms with E-state index in [0.29, 0.717) is 16.5 Å². The highest BCUT2D eigenvalue weighted by Crippen LogP contribution is 2.33. The van der Waals surface area contributed by atoms with E-state index in [1.807, 2.05) is 30.3 Å². The van der Waals surface area contributed by atoms with Crippen LogP contribution in [0, 0.1) is 0 Å². The lowest BCUT2D eigenvalue weighted by atomic mass is 10.1. The van der Waals surface area contributed by atoms with Crippen LogP contribution in [0.2, 0.25) is 5.02 Å².